The molecule has 1 amide bonds. The van der Waals surface area contributed by atoms with Crippen molar-refractivity contribution in [3.05, 3.63) is 53.6 Å². The Labute approximate surface area is 162 Å². The van der Waals surface area contributed by atoms with Crippen molar-refractivity contribution < 1.29 is 9.21 Å². The van der Waals surface area contributed by atoms with E-state index in [1.54, 1.807) is 6.26 Å². The summed E-state index contributed by atoms with van der Waals surface area (Å²) in [7, 11) is 0. The van der Waals surface area contributed by atoms with Crippen molar-refractivity contribution in [1.82, 2.24) is 15.6 Å². The molecular weight excluding hydrogens is 358 g/mol. The van der Waals surface area contributed by atoms with E-state index in [-0.39, 0.29) is 5.91 Å². The van der Waals surface area contributed by atoms with Crippen molar-refractivity contribution in [3.63, 3.8) is 0 Å². The first-order chi connectivity index (χ1) is 13.3. The molecule has 1 fully saturated rings. The maximum absolute atomic E-state index is 12.9. The van der Waals surface area contributed by atoms with Gasteiger partial charge in [0.1, 0.15) is 4.88 Å². The molecule has 1 unspecified atom stereocenters. The first-order valence-corrected chi connectivity index (χ1v) is 10.2. The number of thiazole rings is 1. The number of carbonyl (C=O) groups excluding carboxylic acids is 1. The Kier molecular flexibility index (Phi) is 5.65. The molecule has 140 valence electrons. The Bertz CT molecular complexity index is 868. The van der Waals surface area contributed by atoms with E-state index in [0.717, 1.165) is 30.1 Å². The van der Waals surface area contributed by atoms with Gasteiger partial charge in [-0.3, -0.25) is 4.79 Å². The molecule has 1 aromatic carbocycles. The fourth-order valence-electron chi connectivity index (χ4n) is 3.41. The lowest BCUT2D eigenvalue weighted by Gasteiger charge is -2.22. The second kappa shape index (κ2) is 8.50. The SMILES string of the molecule is O=C(NCCC1CCCNC1)c1sc(-c2ccco2)nc1-c1ccccc1. The molecule has 3 heterocycles. The van der Waals surface area contributed by atoms with Crippen molar-refractivity contribution in [2.24, 2.45) is 5.92 Å². The van der Waals surface area contributed by atoms with Crippen LogP contribution in [0.5, 0.6) is 0 Å². The lowest BCUT2D eigenvalue weighted by Crippen LogP contribution is -2.33. The van der Waals surface area contributed by atoms with Crippen LogP contribution in [0.4, 0.5) is 0 Å². The van der Waals surface area contributed by atoms with E-state index >= 15 is 0 Å². The number of hydrogen-bond acceptors (Lipinski definition) is 5. The number of amides is 1. The smallest absolute Gasteiger partial charge is 0.263 e. The molecule has 0 aliphatic carbocycles. The zero-order chi connectivity index (χ0) is 18.5. The van der Waals surface area contributed by atoms with Gasteiger partial charge in [0.25, 0.3) is 5.91 Å². The summed E-state index contributed by atoms with van der Waals surface area (Å²) in [4.78, 5) is 18.2. The topological polar surface area (TPSA) is 67.2 Å². The minimum absolute atomic E-state index is 0.0621. The average Bonchev–Trinajstić information content (AvgIpc) is 3.39. The summed E-state index contributed by atoms with van der Waals surface area (Å²) in [5.74, 6) is 1.27. The summed E-state index contributed by atoms with van der Waals surface area (Å²) in [6.45, 7) is 2.85. The maximum Gasteiger partial charge on any atom is 0.263 e. The van der Waals surface area contributed by atoms with E-state index in [4.69, 9.17) is 9.40 Å². The van der Waals surface area contributed by atoms with Gasteiger partial charge < -0.3 is 15.1 Å². The molecule has 0 radical (unpaired) electrons. The number of benzene rings is 1. The third-order valence-corrected chi connectivity index (χ3v) is 5.92. The molecule has 27 heavy (non-hydrogen) atoms. The molecule has 5 nitrogen and oxygen atoms in total. The first kappa shape index (κ1) is 17.9. The highest BCUT2D eigenvalue weighted by Crippen LogP contribution is 2.34. The van der Waals surface area contributed by atoms with Crippen LogP contribution in [0.2, 0.25) is 0 Å². The Morgan fingerprint density at radius 2 is 2.15 bits per heavy atom. The molecular formula is C21H23N3O2S. The van der Waals surface area contributed by atoms with Gasteiger partial charge in [0, 0.05) is 12.1 Å². The van der Waals surface area contributed by atoms with Crippen LogP contribution in [0, 0.1) is 5.92 Å². The largest absolute Gasteiger partial charge is 0.462 e. The Morgan fingerprint density at radius 3 is 2.89 bits per heavy atom. The van der Waals surface area contributed by atoms with Gasteiger partial charge in [-0.15, -0.1) is 11.3 Å². The minimum atomic E-state index is -0.0621. The Hall–Kier alpha value is -2.44. The molecule has 4 rings (SSSR count). The van der Waals surface area contributed by atoms with Crippen LogP contribution in [-0.4, -0.2) is 30.5 Å². The van der Waals surface area contributed by atoms with Gasteiger partial charge in [-0.1, -0.05) is 30.3 Å². The van der Waals surface area contributed by atoms with Crippen molar-refractivity contribution >= 4 is 17.2 Å². The van der Waals surface area contributed by atoms with E-state index in [1.165, 1.54) is 24.2 Å². The second-order valence-corrected chi connectivity index (χ2v) is 7.80. The number of furan rings is 1. The van der Waals surface area contributed by atoms with Gasteiger partial charge in [0.2, 0.25) is 0 Å². The number of nitrogens with one attached hydrogen (secondary N) is 2. The van der Waals surface area contributed by atoms with Crippen LogP contribution < -0.4 is 10.6 Å². The van der Waals surface area contributed by atoms with Crippen LogP contribution in [0.1, 0.15) is 28.9 Å². The monoisotopic (exact) mass is 381 g/mol. The fourth-order valence-corrected chi connectivity index (χ4v) is 4.38. The lowest BCUT2D eigenvalue weighted by molar-refractivity contribution is 0.0955. The highest BCUT2D eigenvalue weighted by molar-refractivity contribution is 7.17. The third kappa shape index (κ3) is 4.28. The molecule has 0 saturated carbocycles. The highest BCUT2D eigenvalue weighted by Gasteiger charge is 2.21. The number of rotatable bonds is 6. The van der Waals surface area contributed by atoms with E-state index in [1.807, 2.05) is 42.5 Å². The lowest BCUT2D eigenvalue weighted by atomic mass is 9.96. The van der Waals surface area contributed by atoms with Gasteiger partial charge >= 0.3 is 0 Å². The second-order valence-electron chi connectivity index (χ2n) is 6.80. The summed E-state index contributed by atoms with van der Waals surface area (Å²) in [5.41, 5.74) is 1.65. The van der Waals surface area contributed by atoms with Gasteiger partial charge in [-0.05, 0) is 50.4 Å². The molecule has 1 atom stereocenters. The zero-order valence-corrected chi connectivity index (χ0v) is 15.9. The number of nitrogens with zero attached hydrogens (tertiary/aromatic N) is 1. The number of aromatic nitrogens is 1. The van der Waals surface area contributed by atoms with Crippen LogP contribution in [0.15, 0.2) is 53.1 Å². The fraction of sp³-hybridized carbons (Fsp3) is 0.333. The Balaban J connectivity index is 1.52. The zero-order valence-electron chi connectivity index (χ0n) is 15.1. The molecule has 1 saturated heterocycles. The maximum atomic E-state index is 12.9. The molecule has 6 heteroatoms. The summed E-state index contributed by atoms with van der Waals surface area (Å²) in [6.07, 6.45) is 5.08. The van der Waals surface area contributed by atoms with Crippen molar-refractivity contribution in [1.29, 1.82) is 0 Å². The summed E-state index contributed by atoms with van der Waals surface area (Å²) < 4.78 is 5.47. The normalized spacial score (nSPS) is 17.0. The van der Waals surface area contributed by atoms with Crippen molar-refractivity contribution in [2.45, 2.75) is 19.3 Å². The van der Waals surface area contributed by atoms with Crippen LogP contribution in [0.3, 0.4) is 0 Å². The molecule has 1 aliphatic rings. The van der Waals surface area contributed by atoms with E-state index in [0.29, 0.717) is 28.8 Å². The highest BCUT2D eigenvalue weighted by atomic mass is 32.1. The van der Waals surface area contributed by atoms with Crippen LogP contribution in [-0.2, 0) is 0 Å². The third-order valence-electron chi connectivity index (χ3n) is 4.85. The summed E-state index contributed by atoms with van der Waals surface area (Å²) in [6, 6.07) is 13.5. The van der Waals surface area contributed by atoms with Gasteiger partial charge in [-0.25, -0.2) is 4.98 Å². The molecule has 0 bridgehead atoms. The number of piperidine rings is 1. The summed E-state index contributed by atoms with van der Waals surface area (Å²) >= 11 is 1.38. The van der Waals surface area contributed by atoms with Crippen molar-refractivity contribution in [3.8, 4) is 22.0 Å². The standard InChI is InChI=1S/C21H23N3O2S/c25-20(23-12-10-15-6-4-11-22-14-15)19-18(16-7-2-1-3-8-16)24-21(27-19)17-9-5-13-26-17/h1-3,5,7-9,13,15,22H,4,6,10-12,14H2,(H,23,25). The molecule has 2 aromatic heterocycles. The average molecular weight is 382 g/mol. The predicted molar refractivity (Wildman–Crippen MR) is 108 cm³/mol. The number of carbonyl (C=O) groups is 1. The van der Waals surface area contributed by atoms with Crippen LogP contribution in [0.25, 0.3) is 22.0 Å². The van der Waals surface area contributed by atoms with Gasteiger partial charge in [-0.2, -0.15) is 0 Å². The molecule has 2 N–H and O–H groups in total. The summed E-state index contributed by atoms with van der Waals surface area (Å²) in [5, 5.41) is 7.23. The molecule has 1 aliphatic heterocycles. The molecule has 3 aromatic rings. The van der Waals surface area contributed by atoms with Crippen LogP contribution >= 0.6 is 11.3 Å². The van der Waals surface area contributed by atoms with Crippen molar-refractivity contribution in [2.75, 3.05) is 19.6 Å². The molecule has 0 spiro atoms. The predicted octanol–water partition coefficient (Wildman–Crippen LogP) is 4.19. The van der Waals surface area contributed by atoms with E-state index in [9.17, 15) is 4.79 Å². The quantitative estimate of drug-likeness (QED) is 0.672. The van der Waals surface area contributed by atoms with Gasteiger partial charge in [0.15, 0.2) is 10.8 Å². The van der Waals surface area contributed by atoms with E-state index < -0.39 is 0 Å². The van der Waals surface area contributed by atoms with E-state index in [2.05, 4.69) is 10.6 Å². The Morgan fingerprint density at radius 1 is 1.26 bits per heavy atom. The first-order valence-electron chi connectivity index (χ1n) is 9.40. The number of hydrogen-bond donors (Lipinski definition) is 2. The minimum Gasteiger partial charge on any atom is -0.462 e. The van der Waals surface area contributed by atoms with Gasteiger partial charge in [0.05, 0.1) is 12.0 Å².